The van der Waals surface area contributed by atoms with Crippen molar-refractivity contribution in [3.05, 3.63) is 23.4 Å². The third-order valence-electron chi connectivity index (χ3n) is 4.44. The molecule has 1 unspecified atom stereocenters. The van der Waals surface area contributed by atoms with Gasteiger partial charge in [-0.2, -0.15) is 0 Å². The Labute approximate surface area is 142 Å². The molecule has 1 fully saturated rings. The number of aromatic amines is 1. The molecule has 0 bridgehead atoms. The molecule has 2 aromatic heterocycles. The molecule has 1 aliphatic rings. The van der Waals surface area contributed by atoms with Crippen LogP contribution in [0, 0.1) is 5.92 Å². The van der Waals surface area contributed by atoms with Crippen LogP contribution in [0.4, 0.5) is 0 Å². The zero-order valence-electron chi connectivity index (χ0n) is 13.7. The summed E-state index contributed by atoms with van der Waals surface area (Å²) >= 11 is 6.34. The van der Waals surface area contributed by atoms with Crippen molar-refractivity contribution in [3.63, 3.8) is 0 Å². The molecule has 1 N–H and O–H groups in total. The fourth-order valence-corrected chi connectivity index (χ4v) is 3.31. The van der Waals surface area contributed by atoms with Gasteiger partial charge >= 0.3 is 0 Å². The third-order valence-corrected chi connectivity index (χ3v) is 4.71. The van der Waals surface area contributed by atoms with Crippen LogP contribution in [0.2, 0.25) is 5.15 Å². The molecule has 3 heterocycles. The van der Waals surface area contributed by atoms with E-state index in [0.29, 0.717) is 11.1 Å². The van der Waals surface area contributed by atoms with Crippen LogP contribution in [0.1, 0.15) is 44.9 Å². The second-order valence-electron chi connectivity index (χ2n) is 6.27. The summed E-state index contributed by atoms with van der Waals surface area (Å²) in [5, 5.41) is 0.588. The van der Waals surface area contributed by atoms with Gasteiger partial charge < -0.3 is 14.3 Å². The van der Waals surface area contributed by atoms with Crippen LogP contribution in [-0.4, -0.2) is 32.7 Å². The third kappa shape index (κ3) is 4.15. The summed E-state index contributed by atoms with van der Waals surface area (Å²) < 4.78 is 7.72. The van der Waals surface area contributed by atoms with E-state index in [1.54, 1.807) is 0 Å². The second kappa shape index (κ2) is 7.97. The molecule has 0 amide bonds. The number of H-pyrrole nitrogens is 1. The highest BCUT2D eigenvalue weighted by atomic mass is 35.5. The smallest absolute Gasteiger partial charge is 0.161 e. The van der Waals surface area contributed by atoms with Gasteiger partial charge in [0.25, 0.3) is 0 Å². The van der Waals surface area contributed by atoms with E-state index < -0.39 is 0 Å². The summed E-state index contributed by atoms with van der Waals surface area (Å²) in [7, 11) is 0. The van der Waals surface area contributed by atoms with Crippen LogP contribution < -0.4 is 0 Å². The lowest BCUT2D eigenvalue weighted by atomic mass is 9.99. The molecular formula is C17H25ClN4O. The summed E-state index contributed by atoms with van der Waals surface area (Å²) in [6, 6.07) is 0. The van der Waals surface area contributed by atoms with Crippen molar-refractivity contribution in [3.8, 4) is 11.5 Å². The molecule has 0 aromatic carbocycles. The number of aryl methyl sites for hydroxylation is 2. The maximum absolute atomic E-state index is 6.34. The van der Waals surface area contributed by atoms with E-state index in [1.807, 2.05) is 12.4 Å². The van der Waals surface area contributed by atoms with Crippen molar-refractivity contribution in [1.29, 1.82) is 0 Å². The highest BCUT2D eigenvalue weighted by Gasteiger charge is 2.18. The van der Waals surface area contributed by atoms with E-state index in [9.17, 15) is 0 Å². The van der Waals surface area contributed by atoms with E-state index in [-0.39, 0.29) is 0 Å². The van der Waals surface area contributed by atoms with Crippen molar-refractivity contribution in [2.75, 3.05) is 13.2 Å². The Bertz CT molecular complexity index is 616. The lowest BCUT2D eigenvalue weighted by molar-refractivity contribution is 0.0501. The van der Waals surface area contributed by atoms with Gasteiger partial charge in [-0.15, -0.1) is 0 Å². The van der Waals surface area contributed by atoms with Crippen LogP contribution >= 0.6 is 11.6 Å². The summed E-state index contributed by atoms with van der Waals surface area (Å²) in [5.74, 6) is 2.45. The molecular weight excluding hydrogens is 312 g/mol. The van der Waals surface area contributed by atoms with Crippen molar-refractivity contribution in [2.24, 2.45) is 5.92 Å². The normalized spacial score (nSPS) is 18.4. The Kier molecular flexibility index (Phi) is 5.73. The average Bonchev–Trinajstić information content (AvgIpc) is 3.18. The van der Waals surface area contributed by atoms with Crippen LogP contribution in [0.5, 0.6) is 0 Å². The van der Waals surface area contributed by atoms with Gasteiger partial charge in [0.15, 0.2) is 5.82 Å². The number of hydrogen-bond donors (Lipinski definition) is 1. The van der Waals surface area contributed by atoms with Crippen molar-refractivity contribution in [2.45, 2.75) is 52.0 Å². The standard InChI is InChI=1S/C17H25ClN4O/c1-2-3-6-14-20-15(16(18)21-14)17-19-8-10-22(17)9-7-13-5-4-11-23-12-13/h8,10,13H,2-7,9,11-12H2,1H3,(H,20,21). The molecule has 23 heavy (non-hydrogen) atoms. The number of aromatic nitrogens is 4. The quantitative estimate of drug-likeness (QED) is 0.828. The number of nitrogens with zero attached hydrogens (tertiary/aromatic N) is 3. The monoisotopic (exact) mass is 336 g/mol. The Hall–Kier alpha value is -1.33. The molecule has 126 valence electrons. The molecule has 2 aromatic rings. The zero-order chi connectivity index (χ0) is 16.1. The fraction of sp³-hybridized carbons (Fsp3) is 0.647. The van der Waals surface area contributed by atoms with E-state index in [1.165, 1.54) is 12.8 Å². The van der Waals surface area contributed by atoms with Crippen molar-refractivity contribution < 1.29 is 4.74 Å². The van der Waals surface area contributed by atoms with Gasteiger partial charge in [0.2, 0.25) is 0 Å². The first-order valence-corrected chi connectivity index (χ1v) is 8.99. The Morgan fingerprint density at radius 2 is 2.39 bits per heavy atom. The number of ether oxygens (including phenoxy) is 1. The van der Waals surface area contributed by atoms with Gasteiger partial charge in [-0.25, -0.2) is 9.97 Å². The topological polar surface area (TPSA) is 55.7 Å². The Morgan fingerprint density at radius 3 is 3.17 bits per heavy atom. The molecule has 0 saturated carbocycles. The average molecular weight is 337 g/mol. The summed E-state index contributed by atoms with van der Waals surface area (Å²) in [6.07, 6.45) is 10.6. The van der Waals surface area contributed by atoms with E-state index in [2.05, 4.69) is 26.4 Å². The zero-order valence-corrected chi connectivity index (χ0v) is 14.5. The highest BCUT2D eigenvalue weighted by molar-refractivity contribution is 6.31. The SMILES string of the molecule is CCCCc1nc(-c2nccn2CCC2CCCOC2)c(Cl)[nH]1. The number of halogens is 1. The summed E-state index contributed by atoms with van der Waals surface area (Å²) in [5.41, 5.74) is 0.766. The van der Waals surface area contributed by atoms with Crippen molar-refractivity contribution in [1.82, 2.24) is 19.5 Å². The first kappa shape index (κ1) is 16.5. The van der Waals surface area contributed by atoms with Crippen LogP contribution in [0.3, 0.4) is 0 Å². The minimum Gasteiger partial charge on any atom is -0.381 e. The molecule has 0 radical (unpaired) electrons. The van der Waals surface area contributed by atoms with E-state index in [0.717, 1.165) is 62.8 Å². The molecule has 1 saturated heterocycles. The number of hydrogen-bond acceptors (Lipinski definition) is 3. The summed E-state index contributed by atoms with van der Waals surface area (Å²) in [6.45, 7) is 4.90. The van der Waals surface area contributed by atoms with Crippen LogP contribution in [-0.2, 0) is 17.7 Å². The van der Waals surface area contributed by atoms with Gasteiger partial charge in [-0.1, -0.05) is 24.9 Å². The Morgan fingerprint density at radius 1 is 1.48 bits per heavy atom. The number of imidazole rings is 2. The fourth-order valence-electron chi connectivity index (χ4n) is 3.07. The minimum absolute atomic E-state index is 0.588. The molecule has 0 aliphatic carbocycles. The van der Waals surface area contributed by atoms with Crippen LogP contribution in [0.25, 0.3) is 11.5 Å². The van der Waals surface area contributed by atoms with Gasteiger partial charge in [0.1, 0.15) is 16.7 Å². The number of nitrogens with one attached hydrogen (secondary N) is 1. The van der Waals surface area contributed by atoms with Crippen molar-refractivity contribution >= 4 is 11.6 Å². The predicted molar refractivity (Wildman–Crippen MR) is 91.6 cm³/mol. The summed E-state index contributed by atoms with van der Waals surface area (Å²) in [4.78, 5) is 12.3. The largest absolute Gasteiger partial charge is 0.381 e. The predicted octanol–water partition coefficient (Wildman–Crippen LogP) is 4.09. The number of unbranched alkanes of at least 4 members (excludes halogenated alkanes) is 1. The van der Waals surface area contributed by atoms with Gasteiger partial charge in [-0.05, 0) is 31.6 Å². The van der Waals surface area contributed by atoms with Gasteiger partial charge in [0.05, 0.1) is 0 Å². The van der Waals surface area contributed by atoms with Gasteiger partial charge in [0, 0.05) is 38.6 Å². The van der Waals surface area contributed by atoms with Crippen LogP contribution in [0.15, 0.2) is 12.4 Å². The highest BCUT2D eigenvalue weighted by Crippen LogP contribution is 2.26. The van der Waals surface area contributed by atoms with E-state index in [4.69, 9.17) is 16.3 Å². The molecule has 6 heteroatoms. The molecule has 5 nitrogen and oxygen atoms in total. The second-order valence-corrected chi connectivity index (χ2v) is 6.64. The maximum atomic E-state index is 6.34. The molecule has 0 spiro atoms. The first-order chi connectivity index (χ1) is 11.3. The molecule has 3 rings (SSSR count). The maximum Gasteiger partial charge on any atom is 0.161 e. The Balaban J connectivity index is 1.68. The lowest BCUT2D eigenvalue weighted by Crippen LogP contribution is -2.19. The lowest BCUT2D eigenvalue weighted by Gasteiger charge is -2.22. The number of rotatable bonds is 7. The first-order valence-electron chi connectivity index (χ1n) is 8.61. The molecule has 1 aliphatic heterocycles. The van der Waals surface area contributed by atoms with E-state index >= 15 is 0 Å². The molecule has 1 atom stereocenters. The van der Waals surface area contributed by atoms with Gasteiger partial charge in [-0.3, -0.25) is 0 Å². The minimum atomic E-state index is 0.588.